The largest absolute Gasteiger partial charge is 0.383 e. The van der Waals surface area contributed by atoms with Gasteiger partial charge in [-0.15, -0.1) is 0 Å². The highest BCUT2D eigenvalue weighted by molar-refractivity contribution is 7.53. The highest BCUT2D eigenvalue weighted by Crippen LogP contribution is 2.47. The van der Waals surface area contributed by atoms with Gasteiger partial charge < -0.3 is 40.9 Å². The maximum atomic E-state index is 13.6. The molecule has 0 aromatic carbocycles. The molecular formula is C36H68N9O4P. The molecule has 0 radical (unpaired) electrons. The van der Waals surface area contributed by atoms with Gasteiger partial charge in [0.1, 0.15) is 17.7 Å². The van der Waals surface area contributed by atoms with Gasteiger partial charge in [0.2, 0.25) is 11.9 Å². The Morgan fingerprint density at radius 2 is 1.64 bits per heavy atom. The van der Waals surface area contributed by atoms with Crippen molar-refractivity contribution in [2.75, 3.05) is 87.7 Å². The number of amides is 1. The van der Waals surface area contributed by atoms with E-state index in [-0.39, 0.29) is 12.1 Å². The van der Waals surface area contributed by atoms with E-state index >= 15 is 0 Å². The summed E-state index contributed by atoms with van der Waals surface area (Å²) < 4.78 is 24.3. The van der Waals surface area contributed by atoms with E-state index in [0.717, 1.165) is 38.1 Å². The molecule has 50 heavy (non-hydrogen) atoms. The molecule has 286 valence electrons. The van der Waals surface area contributed by atoms with Gasteiger partial charge in [0.05, 0.1) is 19.4 Å². The fourth-order valence-corrected chi connectivity index (χ4v) is 9.13. The normalized spacial score (nSPS) is 22.8. The Bertz CT molecular complexity index is 1190. The second kappa shape index (κ2) is 20.3. The first-order valence-electron chi connectivity index (χ1n) is 19.5. The lowest BCUT2D eigenvalue weighted by Gasteiger charge is -2.42. The van der Waals surface area contributed by atoms with Gasteiger partial charge in [0.25, 0.3) is 0 Å². The molecular weight excluding hydrogens is 653 g/mol. The summed E-state index contributed by atoms with van der Waals surface area (Å²) in [6, 6.07) is 2.05. The van der Waals surface area contributed by atoms with E-state index in [0.29, 0.717) is 62.9 Å². The van der Waals surface area contributed by atoms with Gasteiger partial charge in [0, 0.05) is 50.4 Å². The second-order valence-electron chi connectivity index (χ2n) is 15.5. The van der Waals surface area contributed by atoms with E-state index in [1.807, 2.05) is 34.6 Å². The fraction of sp³-hybridized carbons (Fsp3) is 0.861. The van der Waals surface area contributed by atoms with Crippen molar-refractivity contribution in [2.24, 2.45) is 11.8 Å². The number of piperazine rings is 1. The van der Waals surface area contributed by atoms with Crippen LogP contribution in [0.15, 0.2) is 6.07 Å². The Hall–Kier alpha value is -2.02. The third kappa shape index (κ3) is 13.8. The zero-order chi connectivity index (χ0) is 36.0. The second-order valence-corrected chi connectivity index (χ2v) is 17.7. The van der Waals surface area contributed by atoms with Gasteiger partial charge in [-0.25, -0.2) is 0 Å². The molecule has 13 nitrogen and oxygen atoms in total. The minimum atomic E-state index is -3.24. The van der Waals surface area contributed by atoms with Gasteiger partial charge in [-0.3, -0.25) is 14.3 Å². The molecule has 0 bridgehead atoms. The van der Waals surface area contributed by atoms with Crippen molar-refractivity contribution in [1.82, 2.24) is 30.8 Å². The molecule has 0 unspecified atom stereocenters. The van der Waals surface area contributed by atoms with Crippen LogP contribution in [-0.4, -0.2) is 110 Å². The van der Waals surface area contributed by atoms with Crippen molar-refractivity contribution < 1.29 is 18.4 Å². The molecule has 1 aromatic heterocycles. The van der Waals surface area contributed by atoms with Gasteiger partial charge >= 0.3 is 7.60 Å². The average Bonchev–Trinajstić information content (AvgIpc) is 3.08. The van der Waals surface area contributed by atoms with Gasteiger partial charge in [-0.05, 0) is 111 Å². The molecule has 6 N–H and O–H groups in total. The first-order valence-corrected chi connectivity index (χ1v) is 21.2. The van der Waals surface area contributed by atoms with Gasteiger partial charge in [-0.2, -0.15) is 9.97 Å². The minimum absolute atomic E-state index is 0.0808. The Morgan fingerprint density at radius 1 is 0.960 bits per heavy atom. The van der Waals surface area contributed by atoms with Crippen LogP contribution in [0.3, 0.4) is 0 Å². The quantitative estimate of drug-likeness (QED) is 0.0979. The smallest absolute Gasteiger partial charge is 0.331 e. The molecule has 2 aliphatic carbocycles. The van der Waals surface area contributed by atoms with Crippen molar-refractivity contribution in [2.45, 2.75) is 116 Å². The van der Waals surface area contributed by atoms with E-state index in [1.165, 1.54) is 64.2 Å². The average molecular weight is 722 g/mol. The van der Waals surface area contributed by atoms with E-state index in [1.54, 1.807) is 6.07 Å². The summed E-state index contributed by atoms with van der Waals surface area (Å²) in [5.41, 5.74) is 5.89. The van der Waals surface area contributed by atoms with Gasteiger partial charge in [0.15, 0.2) is 0 Å². The summed E-state index contributed by atoms with van der Waals surface area (Å²) in [6.07, 6.45) is 13.2. The van der Waals surface area contributed by atoms with Gasteiger partial charge in [-0.1, -0.05) is 19.3 Å². The Kier molecular flexibility index (Phi) is 16.5. The molecule has 14 heteroatoms. The van der Waals surface area contributed by atoms with Crippen LogP contribution in [0.5, 0.6) is 0 Å². The molecule has 1 aromatic rings. The third-order valence-corrected chi connectivity index (χ3v) is 12.2. The molecule has 1 amide bonds. The van der Waals surface area contributed by atoms with Crippen LogP contribution in [0.2, 0.25) is 0 Å². The fourth-order valence-electron chi connectivity index (χ4n) is 7.51. The van der Waals surface area contributed by atoms with Crippen molar-refractivity contribution in [3.05, 3.63) is 6.07 Å². The number of aromatic nitrogens is 2. The van der Waals surface area contributed by atoms with Crippen LogP contribution in [-0.2, 0) is 18.4 Å². The van der Waals surface area contributed by atoms with Crippen LogP contribution < -0.4 is 31.9 Å². The standard InChI is InChI=1S/C36H68N9O4P/c1-6-48-50(47,49-7-2)23-22-44-20-21-45(27-31(44)34(46)43-36(3,4)5)33-24-32(37)41-35(42-33)40-26-29-16-14-28(15-17-29)25-38-18-11-19-39-30-12-9-8-10-13-30/h24,28-31,38-39H,6-23,25-27H2,1-5H3,(H,43,46)(H3,37,40,41,42)/t28?,29?,31-/m0/s1. The van der Waals surface area contributed by atoms with E-state index in [9.17, 15) is 9.36 Å². The third-order valence-electron chi connectivity index (χ3n) is 10.2. The van der Waals surface area contributed by atoms with Crippen LogP contribution in [0, 0.1) is 11.8 Å². The number of rotatable bonds is 19. The van der Waals surface area contributed by atoms with Crippen LogP contribution >= 0.6 is 7.60 Å². The summed E-state index contributed by atoms with van der Waals surface area (Å²) in [5.74, 6) is 2.87. The number of anilines is 3. The molecule has 2 heterocycles. The zero-order valence-corrected chi connectivity index (χ0v) is 32.6. The van der Waals surface area contributed by atoms with E-state index < -0.39 is 19.2 Å². The molecule has 2 saturated carbocycles. The highest BCUT2D eigenvalue weighted by Gasteiger charge is 2.36. The number of carbonyl (C=O) groups is 1. The molecule has 1 atom stereocenters. The molecule has 0 spiro atoms. The first kappa shape index (κ1) is 40.7. The Balaban J connectivity index is 1.24. The van der Waals surface area contributed by atoms with Crippen molar-refractivity contribution in [3.63, 3.8) is 0 Å². The molecule has 3 aliphatic rings. The Labute approximate surface area is 301 Å². The van der Waals surface area contributed by atoms with Crippen molar-refractivity contribution in [3.8, 4) is 0 Å². The number of nitrogens with zero attached hydrogens (tertiary/aromatic N) is 4. The molecule has 1 aliphatic heterocycles. The van der Waals surface area contributed by atoms with Crippen molar-refractivity contribution >= 4 is 31.1 Å². The number of nitrogens with two attached hydrogens (primary N) is 1. The number of nitrogens with one attached hydrogen (secondary N) is 4. The molecule has 3 fully saturated rings. The number of hydrogen-bond acceptors (Lipinski definition) is 12. The summed E-state index contributed by atoms with van der Waals surface area (Å²) in [5, 5.41) is 14.1. The molecule has 1 saturated heterocycles. The lowest BCUT2D eigenvalue weighted by Crippen LogP contribution is -2.61. The predicted molar refractivity (Wildman–Crippen MR) is 204 cm³/mol. The summed E-state index contributed by atoms with van der Waals surface area (Å²) in [7, 11) is -3.24. The highest BCUT2D eigenvalue weighted by atomic mass is 31.2. The van der Waals surface area contributed by atoms with E-state index in [2.05, 4.69) is 36.1 Å². The zero-order valence-electron chi connectivity index (χ0n) is 31.7. The topological polar surface area (TPSA) is 159 Å². The lowest BCUT2D eigenvalue weighted by atomic mass is 9.82. The maximum absolute atomic E-state index is 13.6. The van der Waals surface area contributed by atoms with Crippen molar-refractivity contribution in [1.29, 1.82) is 0 Å². The molecule has 4 rings (SSSR count). The van der Waals surface area contributed by atoms with Crippen LogP contribution in [0.4, 0.5) is 17.6 Å². The maximum Gasteiger partial charge on any atom is 0.331 e. The summed E-state index contributed by atoms with van der Waals surface area (Å²) >= 11 is 0. The number of nitrogen functional groups attached to an aromatic ring is 1. The first-order chi connectivity index (χ1) is 24.0. The SMILES string of the molecule is CCOP(=O)(CCN1CCN(c2cc(N)nc(NCC3CCC(CNCCCNC4CCCCC4)CC3)n2)C[C@H]1C(=O)NC(C)(C)C)OCC. The predicted octanol–water partition coefficient (Wildman–Crippen LogP) is 4.85. The monoisotopic (exact) mass is 722 g/mol. The van der Waals surface area contributed by atoms with Crippen LogP contribution in [0.1, 0.15) is 98.8 Å². The Morgan fingerprint density at radius 3 is 2.30 bits per heavy atom. The number of carbonyl (C=O) groups excluding carboxylic acids is 1. The number of hydrogen-bond donors (Lipinski definition) is 5. The van der Waals surface area contributed by atoms with Crippen LogP contribution in [0.25, 0.3) is 0 Å². The summed E-state index contributed by atoms with van der Waals surface area (Å²) in [6.45, 7) is 16.4. The van der Waals surface area contributed by atoms with E-state index in [4.69, 9.17) is 19.8 Å². The summed E-state index contributed by atoms with van der Waals surface area (Å²) in [4.78, 5) is 27.1. The lowest BCUT2D eigenvalue weighted by molar-refractivity contribution is -0.128. The minimum Gasteiger partial charge on any atom is -0.383 e.